The molecule has 0 bridgehead atoms. The summed E-state index contributed by atoms with van der Waals surface area (Å²) in [6, 6.07) is 20.6. The lowest BCUT2D eigenvalue weighted by atomic mass is 9.97. The SMILES string of the molecule is Cc1cc2c(cc1C)-n1c(-c3ccccc3)c3c(=O)n(C)c(=O)n(C)c3c1[C@H](c1ccccc1O)N2. The van der Waals surface area contributed by atoms with Gasteiger partial charge in [-0.15, -0.1) is 0 Å². The van der Waals surface area contributed by atoms with Crippen molar-refractivity contribution in [3.05, 3.63) is 110 Å². The molecule has 0 amide bonds. The highest BCUT2D eigenvalue weighted by atomic mass is 16.3. The number of aromatic hydroxyl groups is 1. The lowest BCUT2D eigenvalue weighted by Crippen LogP contribution is -2.37. The minimum atomic E-state index is -0.501. The topological polar surface area (TPSA) is 81.2 Å². The van der Waals surface area contributed by atoms with Crippen LogP contribution in [0.4, 0.5) is 5.69 Å². The van der Waals surface area contributed by atoms with Crippen molar-refractivity contribution in [1.82, 2.24) is 13.7 Å². The first-order chi connectivity index (χ1) is 17.3. The molecule has 1 atom stereocenters. The molecule has 0 fully saturated rings. The summed E-state index contributed by atoms with van der Waals surface area (Å²) in [5.41, 5.74) is 6.80. The second-order valence-electron chi connectivity index (χ2n) is 9.45. The third-order valence-electron chi connectivity index (χ3n) is 7.33. The van der Waals surface area contributed by atoms with E-state index in [-0.39, 0.29) is 11.3 Å². The number of nitrogens with zero attached hydrogens (tertiary/aromatic N) is 3. The van der Waals surface area contributed by atoms with Crippen LogP contribution in [0.15, 0.2) is 76.3 Å². The van der Waals surface area contributed by atoms with E-state index in [9.17, 15) is 14.7 Å². The van der Waals surface area contributed by atoms with E-state index >= 15 is 0 Å². The molecule has 0 aliphatic carbocycles. The molecule has 1 aliphatic heterocycles. The zero-order valence-corrected chi connectivity index (χ0v) is 20.5. The van der Waals surface area contributed by atoms with E-state index in [0.717, 1.165) is 44.0 Å². The molecule has 0 unspecified atom stereocenters. The van der Waals surface area contributed by atoms with Gasteiger partial charge in [-0.1, -0.05) is 48.5 Å². The Morgan fingerprint density at radius 1 is 0.861 bits per heavy atom. The maximum absolute atomic E-state index is 13.7. The summed E-state index contributed by atoms with van der Waals surface area (Å²) in [5.74, 6) is 0.137. The highest BCUT2D eigenvalue weighted by Crippen LogP contribution is 2.47. The van der Waals surface area contributed by atoms with Crippen LogP contribution < -0.4 is 16.6 Å². The van der Waals surface area contributed by atoms with Gasteiger partial charge in [0.25, 0.3) is 5.56 Å². The molecule has 180 valence electrons. The van der Waals surface area contributed by atoms with Crippen molar-refractivity contribution in [2.75, 3.05) is 5.32 Å². The number of aromatic nitrogens is 3. The van der Waals surface area contributed by atoms with E-state index in [2.05, 4.69) is 35.9 Å². The molecule has 6 rings (SSSR count). The summed E-state index contributed by atoms with van der Waals surface area (Å²) < 4.78 is 4.79. The normalized spacial score (nSPS) is 14.4. The van der Waals surface area contributed by atoms with Gasteiger partial charge in [0.1, 0.15) is 5.75 Å². The van der Waals surface area contributed by atoms with Crippen LogP contribution >= 0.6 is 0 Å². The van der Waals surface area contributed by atoms with Crippen molar-refractivity contribution in [2.24, 2.45) is 14.1 Å². The van der Waals surface area contributed by atoms with E-state index in [1.165, 1.54) is 11.6 Å². The Morgan fingerprint density at radius 3 is 2.25 bits per heavy atom. The number of phenols is 1. The van der Waals surface area contributed by atoms with Crippen LogP contribution in [-0.4, -0.2) is 18.8 Å². The van der Waals surface area contributed by atoms with Crippen molar-refractivity contribution in [1.29, 1.82) is 0 Å². The minimum absolute atomic E-state index is 0.137. The van der Waals surface area contributed by atoms with E-state index < -0.39 is 11.7 Å². The molecule has 0 spiro atoms. The Kier molecular flexibility index (Phi) is 4.73. The summed E-state index contributed by atoms with van der Waals surface area (Å²) >= 11 is 0. The number of aryl methyl sites for hydroxylation is 3. The van der Waals surface area contributed by atoms with Crippen molar-refractivity contribution in [2.45, 2.75) is 19.9 Å². The number of fused-ring (bicyclic) bond motifs is 5. The van der Waals surface area contributed by atoms with Gasteiger partial charge < -0.3 is 15.0 Å². The number of anilines is 1. The number of benzene rings is 3. The lowest BCUT2D eigenvalue weighted by molar-refractivity contribution is 0.465. The first kappa shape index (κ1) is 22.0. The first-order valence-electron chi connectivity index (χ1n) is 11.9. The standard InChI is InChI=1S/C29H26N4O3/c1-16-14-20-21(15-17(16)2)33-25(18-10-6-5-7-11-18)23-26(31(3)29(36)32(4)28(23)35)27(33)24(30-20)19-12-8-9-13-22(19)34/h5-15,24,30,34H,1-4H3/t24-/m0/s1. The molecule has 0 saturated carbocycles. The summed E-state index contributed by atoms with van der Waals surface area (Å²) in [6.45, 7) is 4.12. The number of rotatable bonds is 2. The Labute approximate surface area is 207 Å². The van der Waals surface area contributed by atoms with Crippen molar-refractivity contribution >= 4 is 16.6 Å². The quantitative estimate of drug-likeness (QED) is 0.391. The van der Waals surface area contributed by atoms with Gasteiger partial charge in [0.2, 0.25) is 0 Å². The first-order valence-corrected chi connectivity index (χ1v) is 11.9. The maximum atomic E-state index is 13.7. The number of para-hydroxylation sites is 1. The molecular weight excluding hydrogens is 452 g/mol. The number of phenolic OH excluding ortho intramolecular Hbond substituents is 1. The maximum Gasteiger partial charge on any atom is 0.331 e. The molecule has 5 aromatic rings. The molecule has 1 aliphatic rings. The summed E-state index contributed by atoms with van der Waals surface area (Å²) in [5, 5.41) is 14.9. The van der Waals surface area contributed by atoms with Crippen molar-refractivity contribution in [3.8, 4) is 22.7 Å². The van der Waals surface area contributed by atoms with Crippen LogP contribution in [0.1, 0.15) is 28.4 Å². The second kappa shape index (κ2) is 7.75. The highest BCUT2D eigenvalue weighted by molar-refractivity contribution is 5.99. The van der Waals surface area contributed by atoms with Crippen molar-refractivity contribution in [3.63, 3.8) is 0 Å². The molecular formula is C29H26N4O3. The smallest absolute Gasteiger partial charge is 0.331 e. The van der Waals surface area contributed by atoms with Gasteiger partial charge in [-0.05, 0) is 48.7 Å². The van der Waals surface area contributed by atoms with E-state index in [1.54, 1.807) is 19.2 Å². The summed E-state index contributed by atoms with van der Waals surface area (Å²) in [7, 11) is 3.20. The predicted octanol–water partition coefficient (Wildman–Crippen LogP) is 4.53. The molecule has 7 heteroatoms. The molecule has 36 heavy (non-hydrogen) atoms. The second-order valence-corrected chi connectivity index (χ2v) is 9.45. The van der Waals surface area contributed by atoms with Crippen LogP contribution in [0.3, 0.4) is 0 Å². The van der Waals surface area contributed by atoms with Gasteiger partial charge in [-0.3, -0.25) is 13.9 Å². The van der Waals surface area contributed by atoms with Gasteiger partial charge >= 0.3 is 5.69 Å². The van der Waals surface area contributed by atoms with Gasteiger partial charge in [0, 0.05) is 19.7 Å². The zero-order valence-electron chi connectivity index (χ0n) is 20.5. The van der Waals surface area contributed by atoms with Gasteiger partial charge in [0.15, 0.2) is 0 Å². The van der Waals surface area contributed by atoms with Crippen molar-refractivity contribution < 1.29 is 5.11 Å². The monoisotopic (exact) mass is 478 g/mol. The summed E-state index contributed by atoms with van der Waals surface area (Å²) in [4.78, 5) is 26.9. The van der Waals surface area contributed by atoms with Crippen LogP contribution in [0.25, 0.3) is 27.8 Å². The zero-order chi connectivity index (χ0) is 25.3. The fourth-order valence-corrected chi connectivity index (χ4v) is 5.36. The number of nitrogens with one attached hydrogen (secondary N) is 1. The number of hydrogen-bond acceptors (Lipinski definition) is 4. The molecule has 3 aromatic carbocycles. The largest absolute Gasteiger partial charge is 0.508 e. The van der Waals surface area contributed by atoms with E-state index in [1.807, 2.05) is 42.5 Å². The van der Waals surface area contributed by atoms with E-state index in [0.29, 0.717) is 16.5 Å². The van der Waals surface area contributed by atoms with Gasteiger partial charge in [-0.25, -0.2) is 4.79 Å². The van der Waals surface area contributed by atoms with E-state index in [4.69, 9.17) is 0 Å². The Hall–Kier alpha value is -4.52. The van der Waals surface area contributed by atoms with Gasteiger partial charge in [-0.2, -0.15) is 0 Å². The Balaban J connectivity index is 1.90. The van der Waals surface area contributed by atoms with Crippen LogP contribution in [0, 0.1) is 13.8 Å². The molecule has 7 nitrogen and oxygen atoms in total. The van der Waals surface area contributed by atoms with Gasteiger partial charge in [0.05, 0.1) is 39.7 Å². The highest BCUT2D eigenvalue weighted by Gasteiger charge is 2.35. The summed E-state index contributed by atoms with van der Waals surface area (Å²) in [6.07, 6.45) is 0. The predicted molar refractivity (Wildman–Crippen MR) is 142 cm³/mol. The van der Waals surface area contributed by atoms with Crippen LogP contribution in [0.5, 0.6) is 5.75 Å². The molecule has 2 N–H and O–H groups in total. The lowest BCUT2D eigenvalue weighted by Gasteiger charge is -2.32. The average Bonchev–Trinajstić information content (AvgIpc) is 3.24. The van der Waals surface area contributed by atoms with Crippen LogP contribution in [0.2, 0.25) is 0 Å². The Bertz CT molecular complexity index is 1810. The molecule has 0 saturated heterocycles. The average molecular weight is 479 g/mol. The number of hydrogen-bond donors (Lipinski definition) is 2. The Morgan fingerprint density at radius 2 is 1.53 bits per heavy atom. The molecule has 0 radical (unpaired) electrons. The minimum Gasteiger partial charge on any atom is -0.508 e. The molecule has 3 heterocycles. The fraction of sp³-hybridized carbons (Fsp3) is 0.172. The third kappa shape index (κ3) is 2.92. The van der Waals surface area contributed by atoms with Crippen LogP contribution in [-0.2, 0) is 14.1 Å². The molecule has 2 aromatic heterocycles. The fourth-order valence-electron chi connectivity index (χ4n) is 5.36. The third-order valence-corrected chi connectivity index (χ3v) is 7.33.